The van der Waals surface area contributed by atoms with Gasteiger partial charge in [-0.1, -0.05) is 36.4 Å². The number of aromatic nitrogens is 2. The first-order valence-electron chi connectivity index (χ1n) is 9.87. The number of halogens is 3. The second kappa shape index (κ2) is 8.02. The summed E-state index contributed by atoms with van der Waals surface area (Å²) in [5, 5.41) is 4.18. The topological polar surface area (TPSA) is 55.2 Å². The van der Waals surface area contributed by atoms with Gasteiger partial charge in [-0.25, -0.2) is 4.68 Å². The first-order chi connectivity index (χ1) is 14.7. The summed E-state index contributed by atoms with van der Waals surface area (Å²) in [4.78, 5) is 27.4. The highest BCUT2D eigenvalue weighted by molar-refractivity contribution is 5.92. The van der Waals surface area contributed by atoms with E-state index in [1.807, 2.05) is 30.3 Å². The third kappa shape index (κ3) is 4.52. The van der Waals surface area contributed by atoms with Crippen molar-refractivity contribution in [2.24, 2.45) is 0 Å². The van der Waals surface area contributed by atoms with Crippen LogP contribution >= 0.6 is 0 Å². The second-order valence-electron chi connectivity index (χ2n) is 7.61. The fourth-order valence-electron chi connectivity index (χ4n) is 3.44. The van der Waals surface area contributed by atoms with E-state index in [2.05, 4.69) is 5.10 Å². The van der Waals surface area contributed by atoms with Crippen LogP contribution in [0.2, 0.25) is 0 Å². The molecule has 1 aliphatic carbocycles. The van der Waals surface area contributed by atoms with E-state index in [9.17, 15) is 22.8 Å². The summed E-state index contributed by atoms with van der Waals surface area (Å²) >= 11 is 0. The van der Waals surface area contributed by atoms with Crippen molar-refractivity contribution < 1.29 is 18.0 Å². The van der Waals surface area contributed by atoms with Crippen LogP contribution in [0.25, 0.3) is 5.69 Å². The van der Waals surface area contributed by atoms with Crippen LogP contribution in [0.15, 0.2) is 65.5 Å². The quantitative estimate of drug-likeness (QED) is 0.608. The molecule has 0 spiro atoms. The summed E-state index contributed by atoms with van der Waals surface area (Å²) in [5.74, 6) is -0.517. The van der Waals surface area contributed by atoms with Gasteiger partial charge in [-0.2, -0.15) is 18.3 Å². The van der Waals surface area contributed by atoms with E-state index >= 15 is 0 Å². The third-order valence-electron chi connectivity index (χ3n) is 5.17. The molecule has 0 atom stereocenters. The highest BCUT2D eigenvalue weighted by Gasteiger charge is 2.35. The van der Waals surface area contributed by atoms with Crippen LogP contribution in [0.1, 0.15) is 40.2 Å². The number of hydrogen-bond acceptors (Lipinski definition) is 3. The van der Waals surface area contributed by atoms with Gasteiger partial charge < -0.3 is 4.90 Å². The molecule has 2 aromatic carbocycles. The molecule has 31 heavy (non-hydrogen) atoms. The van der Waals surface area contributed by atoms with E-state index in [4.69, 9.17) is 0 Å². The number of carbonyl (C=O) groups excluding carboxylic acids is 1. The van der Waals surface area contributed by atoms with Crippen molar-refractivity contribution in [2.45, 2.75) is 38.5 Å². The van der Waals surface area contributed by atoms with Crippen LogP contribution in [-0.2, 0) is 12.7 Å². The van der Waals surface area contributed by atoms with Crippen LogP contribution in [0.5, 0.6) is 0 Å². The summed E-state index contributed by atoms with van der Waals surface area (Å²) in [7, 11) is 0. The van der Waals surface area contributed by atoms with Crippen LogP contribution in [0.3, 0.4) is 0 Å². The number of benzene rings is 2. The average Bonchev–Trinajstić information content (AvgIpc) is 3.57. The Balaban J connectivity index is 1.72. The predicted molar refractivity (Wildman–Crippen MR) is 109 cm³/mol. The zero-order valence-electron chi connectivity index (χ0n) is 16.8. The maximum Gasteiger partial charge on any atom is 0.416 e. The average molecular weight is 427 g/mol. The van der Waals surface area contributed by atoms with Crippen molar-refractivity contribution in [1.29, 1.82) is 0 Å². The second-order valence-corrected chi connectivity index (χ2v) is 7.61. The van der Waals surface area contributed by atoms with E-state index < -0.39 is 23.1 Å². The molecule has 1 fully saturated rings. The lowest BCUT2D eigenvalue weighted by Gasteiger charge is -2.22. The van der Waals surface area contributed by atoms with Gasteiger partial charge in [-0.3, -0.25) is 9.59 Å². The molecule has 5 nitrogen and oxygen atoms in total. The Labute approximate surface area is 176 Å². The molecular formula is C23H20F3N3O2. The molecule has 1 aliphatic rings. The van der Waals surface area contributed by atoms with Crippen molar-refractivity contribution in [2.75, 3.05) is 0 Å². The molecule has 1 saturated carbocycles. The lowest BCUT2D eigenvalue weighted by atomic mass is 10.2. The number of amides is 1. The zero-order valence-corrected chi connectivity index (χ0v) is 16.8. The number of alkyl halides is 3. The molecule has 0 aliphatic heterocycles. The summed E-state index contributed by atoms with van der Waals surface area (Å²) in [5.41, 5.74) is -0.297. The molecule has 3 aromatic rings. The molecule has 4 rings (SSSR count). The van der Waals surface area contributed by atoms with E-state index in [1.165, 1.54) is 22.9 Å². The normalized spacial score (nSPS) is 13.8. The lowest BCUT2D eigenvalue weighted by molar-refractivity contribution is -0.137. The van der Waals surface area contributed by atoms with E-state index in [0.717, 1.165) is 30.5 Å². The zero-order chi connectivity index (χ0) is 22.2. The van der Waals surface area contributed by atoms with Crippen molar-refractivity contribution in [1.82, 2.24) is 14.7 Å². The van der Waals surface area contributed by atoms with Crippen LogP contribution in [-0.4, -0.2) is 26.6 Å². The number of aryl methyl sites for hydroxylation is 1. The summed E-state index contributed by atoms with van der Waals surface area (Å²) in [6, 6.07) is 15.3. The fourth-order valence-corrected chi connectivity index (χ4v) is 3.44. The first-order valence-corrected chi connectivity index (χ1v) is 9.87. The monoisotopic (exact) mass is 427 g/mol. The van der Waals surface area contributed by atoms with Crippen molar-refractivity contribution >= 4 is 5.91 Å². The van der Waals surface area contributed by atoms with Crippen molar-refractivity contribution in [3.05, 3.63) is 93.4 Å². The maximum atomic E-state index is 13.2. The SMILES string of the molecule is Cc1cc(=O)c(C(=O)N(Cc2ccccc2)C2CC2)nn1-c1cccc(C(F)(F)F)c1. The Morgan fingerprint density at radius 1 is 1.10 bits per heavy atom. The Bertz CT molecular complexity index is 1170. The highest BCUT2D eigenvalue weighted by atomic mass is 19.4. The Kier molecular flexibility index (Phi) is 5.39. The standard InChI is InChI=1S/C23H20F3N3O2/c1-15-12-20(30)21(27-29(15)19-9-5-8-17(13-19)23(24,25)26)22(31)28(18-10-11-18)14-16-6-3-2-4-7-16/h2-9,12-13,18H,10-11,14H2,1H3. The smallest absolute Gasteiger partial charge is 0.330 e. The molecule has 0 unspecified atom stereocenters. The number of carbonyl (C=O) groups is 1. The van der Waals surface area contributed by atoms with Crippen LogP contribution < -0.4 is 5.43 Å². The van der Waals surface area contributed by atoms with Gasteiger partial charge in [0.15, 0.2) is 5.69 Å². The molecular weight excluding hydrogens is 407 g/mol. The third-order valence-corrected chi connectivity index (χ3v) is 5.17. The minimum absolute atomic E-state index is 0.0252. The molecule has 8 heteroatoms. The van der Waals surface area contributed by atoms with Gasteiger partial charge in [0.2, 0.25) is 5.43 Å². The van der Waals surface area contributed by atoms with Gasteiger partial charge in [0.25, 0.3) is 5.91 Å². The Morgan fingerprint density at radius 2 is 1.81 bits per heavy atom. The molecule has 1 amide bonds. The fraction of sp³-hybridized carbons (Fsp3) is 0.261. The van der Waals surface area contributed by atoms with Crippen molar-refractivity contribution in [3.63, 3.8) is 0 Å². The van der Waals surface area contributed by atoms with Gasteiger partial charge in [0.05, 0.1) is 11.3 Å². The molecule has 0 saturated heterocycles. The molecule has 1 heterocycles. The molecule has 0 N–H and O–H groups in total. The molecule has 160 valence electrons. The van der Waals surface area contributed by atoms with Gasteiger partial charge in [-0.05, 0) is 43.5 Å². The van der Waals surface area contributed by atoms with Crippen LogP contribution in [0.4, 0.5) is 13.2 Å². The van der Waals surface area contributed by atoms with Gasteiger partial charge in [0, 0.05) is 24.3 Å². The van der Waals surface area contributed by atoms with Gasteiger partial charge >= 0.3 is 6.18 Å². The van der Waals surface area contributed by atoms with E-state index in [-0.39, 0.29) is 17.4 Å². The first kappa shape index (κ1) is 20.8. The summed E-state index contributed by atoms with van der Waals surface area (Å²) in [6.45, 7) is 1.90. The van der Waals surface area contributed by atoms with Crippen LogP contribution in [0, 0.1) is 6.92 Å². The van der Waals surface area contributed by atoms with E-state index in [1.54, 1.807) is 11.8 Å². The molecule has 0 radical (unpaired) electrons. The maximum absolute atomic E-state index is 13.2. The van der Waals surface area contributed by atoms with Crippen molar-refractivity contribution in [3.8, 4) is 5.69 Å². The largest absolute Gasteiger partial charge is 0.416 e. The Hall–Kier alpha value is -3.42. The minimum Gasteiger partial charge on any atom is -0.330 e. The number of hydrogen-bond donors (Lipinski definition) is 0. The summed E-state index contributed by atoms with van der Waals surface area (Å²) in [6.07, 6.45) is -2.83. The molecule has 0 bridgehead atoms. The lowest BCUT2D eigenvalue weighted by Crippen LogP contribution is -2.37. The summed E-state index contributed by atoms with van der Waals surface area (Å²) < 4.78 is 40.6. The minimum atomic E-state index is -4.51. The highest BCUT2D eigenvalue weighted by Crippen LogP contribution is 2.31. The van der Waals surface area contributed by atoms with Gasteiger partial charge in [0.1, 0.15) is 0 Å². The number of rotatable bonds is 5. The number of nitrogens with zero attached hydrogens (tertiary/aromatic N) is 3. The Morgan fingerprint density at radius 3 is 2.45 bits per heavy atom. The van der Waals surface area contributed by atoms with E-state index in [0.29, 0.717) is 12.2 Å². The molecule has 1 aromatic heterocycles. The van der Waals surface area contributed by atoms with Gasteiger partial charge in [-0.15, -0.1) is 0 Å². The predicted octanol–water partition coefficient (Wildman–Crippen LogP) is 4.36.